The quantitative estimate of drug-likeness (QED) is 0.334. The Kier molecular flexibility index (Phi) is 5.21. The molecule has 6 heteroatoms. The van der Waals surface area contributed by atoms with Gasteiger partial charge in [0.05, 0.1) is 17.5 Å². The highest BCUT2D eigenvalue weighted by Crippen LogP contribution is 2.39. The summed E-state index contributed by atoms with van der Waals surface area (Å²) in [5, 5.41) is 0. The predicted molar refractivity (Wildman–Crippen MR) is 65.2 cm³/mol. The van der Waals surface area contributed by atoms with Crippen molar-refractivity contribution in [1.29, 1.82) is 0 Å². The van der Waals surface area contributed by atoms with Gasteiger partial charge in [-0.1, -0.05) is 0 Å². The lowest BCUT2D eigenvalue weighted by molar-refractivity contribution is -0.148. The average molecular weight is 262 g/mol. The van der Waals surface area contributed by atoms with E-state index in [4.69, 9.17) is 4.74 Å². The summed E-state index contributed by atoms with van der Waals surface area (Å²) in [4.78, 5) is 23.2. The summed E-state index contributed by atoms with van der Waals surface area (Å²) in [6, 6.07) is 0. The van der Waals surface area contributed by atoms with Gasteiger partial charge in [-0.05, 0) is 13.8 Å². The highest BCUT2D eigenvalue weighted by molar-refractivity contribution is 8.25. The Morgan fingerprint density at radius 1 is 1.19 bits per heavy atom. The number of methoxy groups -OCH3 is 1. The minimum atomic E-state index is -0.623. The van der Waals surface area contributed by atoms with Crippen LogP contribution in [-0.2, 0) is 19.1 Å². The van der Waals surface area contributed by atoms with Gasteiger partial charge in [0.15, 0.2) is 5.57 Å². The molecular formula is C10H14O4S2. The van der Waals surface area contributed by atoms with Gasteiger partial charge in [0, 0.05) is 11.5 Å². The minimum Gasteiger partial charge on any atom is -0.465 e. The molecule has 1 aliphatic heterocycles. The van der Waals surface area contributed by atoms with Crippen LogP contribution in [-0.4, -0.2) is 36.7 Å². The molecule has 0 aromatic heterocycles. The normalized spacial score (nSPS) is 15.1. The lowest BCUT2D eigenvalue weighted by Crippen LogP contribution is -2.21. The van der Waals surface area contributed by atoms with Crippen molar-refractivity contribution >= 4 is 35.5 Å². The summed E-state index contributed by atoms with van der Waals surface area (Å²) in [5.74, 6) is 0.576. The Morgan fingerprint density at radius 3 is 2.19 bits per heavy atom. The van der Waals surface area contributed by atoms with Crippen LogP contribution in [0.15, 0.2) is 9.81 Å². The molecule has 0 saturated carbocycles. The van der Waals surface area contributed by atoms with E-state index in [2.05, 4.69) is 4.74 Å². The van der Waals surface area contributed by atoms with Crippen molar-refractivity contribution in [3.05, 3.63) is 9.81 Å². The van der Waals surface area contributed by atoms with Gasteiger partial charge in [-0.25, -0.2) is 9.59 Å². The van der Waals surface area contributed by atoms with Gasteiger partial charge in [-0.2, -0.15) is 0 Å². The topological polar surface area (TPSA) is 52.6 Å². The van der Waals surface area contributed by atoms with E-state index < -0.39 is 11.9 Å². The van der Waals surface area contributed by atoms with E-state index in [1.54, 1.807) is 13.8 Å². The maximum absolute atomic E-state index is 11.7. The Hall–Kier alpha value is -0.620. The Bertz CT molecular complexity index is 315. The average Bonchev–Trinajstić information content (AvgIpc) is 2.69. The molecule has 0 spiro atoms. The molecule has 0 N–H and O–H groups in total. The van der Waals surface area contributed by atoms with Gasteiger partial charge in [0.1, 0.15) is 0 Å². The predicted octanol–water partition coefficient (Wildman–Crippen LogP) is 1.80. The molecule has 0 bridgehead atoms. The number of rotatable bonds is 3. The molecular weight excluding hydrogens is 248 g/mol. The van der Waals surface area contributed by atoms with E-state index in [1.807, 2.05) is 0 Å². The number of carbonyl (C=O) groups is 2. The van der Waals surface area contributed by atoms with E-state index in [0.29, 0.717) is 4.24 Å². The number of thioether (sulfide) groups is 2. The summed E-state index contributed by atoms with van der Waals surface area (Å²) in [5.41, 5.74) is 0.0312. The highest BCUT2D eigenvalue weighted by atomic mass is 32.2. The molecule has 1 aliphatic rings. The van der Waals surface area contributed by atoms with Crippen molar-refractivity contribution in [2.75, 3.05) is 18.6 Å². The molecule has 0 amide bonds. The van der Waals surface area contributed by atoms with Crippen LogP contribution in [0.3, 0.4) is 0 Å². The fraction of sp³-hybridized carbons (Fsp3) is 0.600. The molecule has 0 aliphatic carbocycles. The zero-order valence-electron chi connectivity index (χ0n) is 9.44. The molecule has 90 valence electrons. The van der Waals surface area contributed by atoms with E-state index in [0.717, 1.165) is 11.5 Å². The summed E-state index contributed by atoms with van der Waals surface area (Å²) in [6.45, 7) is 3.48. The number of ether oxygens (including phenoxy) is 2. The second-order valence-corrected chi connectivity index (χ2v) is 5.77. The van der Waals surface area contributed by atoms with Crippen LogP contribution in [0.5, 0.6) is 0 Å². The maximum Gasteiger partial charge on any atom is 0.347 e. The number of hydrogen-bond acceptors (Lipinski definition) is 6. The fourth-order valence-corrected chi connectivity index (χ4v) is 3.57. The monoisotopic (exact) mass is 262 g/mol. The fourth-order valence-electron chi connectivity index (χ4n) is 1.08. The smallest absolute Gasteiger partial charge is 0.347 e. The molecule has 0 aromatic carbocycles. The lowest BCUT2D eigenvalue weighted by Gasteiger charge is -2.10. The van der Waals surface area contributed by atoms with Crippen LogP contribution < -0.4 is 0 Å². The van der Waals surface area contributed by atoms with Crippen molar-refractivity contribution in [1.82, 2.24) is 0 Å². The first-order valence-electron chi connectivity index (χ1n) is 4.85. The first-order valence-corrected chi connectivity index (χ1v) is 6.82. The van der Waals surface area contributed by atoms with Crippen LogP contribution in [0.25, 0.3) is 0 Å². The SMILES string of the molecule is COC(=O)C(C(=O)OC(C)C)=C1SCCS1. The third kappa shape index (κ3) is 3.45. The molecule has 0 unspecified atom stereocenters. The molecule has 1 rings (SSSR count). The number of carbonyl (C=O) groups excluding carboxylic acids is 2. The Labute approximate surface area is 103 Å². The van der Waals surface area contributed by atoms with Crippen molar-refractivity contribution < 1.29 is 19.1 Å². The van der Waals surface area contributed by atoms with Crippen LogP contribution in [0.1, 0.15) is 13.8 Å². The molecule has 0 atom stereocenters. The first-order chi connectivity index (χ1) is 7.56. The second kappa shape index (κ2) is 6.20. The summed E-state index contributed by atoms with van der Waals surface area (Å²) in [6.07, 6.45) is -0.246. The Morgan fingerprint density at radius 2 is 1.75 bits per heavy atom. The van der Waals surface area contributed by atoms with Crippen LogP contribution in [0, 0.1) is 0 Å². The molecule has 1 fully saturated rings. The molecule has 0 aromatic rings. The lowest BCUT2D eigenvalue weighted by atomic mass is 10.3. The van der Waals surface area contributed by atoms with Gasteiger partial charge in [-0.3, -0.25) is 0 Å². The molecule has 0 radical (unpaired) electrons. The van der Waals surface area contributed by atoms with E-state index in [1.165, 1.54) is 30.6 Å². The van der Waals surface area contributed by atoms with E-state index in [-0.39, 0.29) is 11.7 Å². The second-order valence-electron chi connectivity index (χ2n) is 3.31. The van der Waals surface area contributed by atoms with Crippen molar-refractivity contribution in [2.24, 2.45) is 0 Å². The minimum absolute atomic E-state index is 0.0312. The highest BCUT2D eigenvalue weighted by Gasteiger charge is 2.28. The maximum atomic E-state index is 11.7. The molecule has 1 heterocycles. The van der Waals surface area contributed by atoms with Crippen molar-refractivity contribution in [3.8, 4) is 0 Å². The number of esters is 2. The number of hydrogen-bond donors (Lipinski definition) is 0. The third-order valence-electron chi connectivity index (χ3n) is 1.69. The van der Waals surface area contributed by atoms with Gasteiger partial charge >= 0.3 is 11.9 Å². The van der Waals surface area contributed by atoms with Gasteiger partial charge in [0.2, 0.25) is 0 Å². The van der Waals surface area contributed by atoms with Gasteiger partial charge < -0.3 is 9.47 Å². The summed E-state index contributed by atoms with van der Waals surface area (Å²) >= 11 is 2.98. The van der Waals surface area contributed by atoms with Crippen LogP contribution in [0.2, 0.25) is 0 Å². The van der Waals surface area contributed by atoms with Crippen molar-refractivity contribution in [2.45, 2.75) is 20.0 Å². The van der Waals surface area contributed by atoms with Crippen LogP contribution in [0.4, 0.5) is 0 Å². The van der Waals surface area contributed by atoms with Crippen LogP contribution >= 0.6 is 23.5 Å². The van der Waals surface area contributed by atoms with E-state index in [9.17, 15) is 9.59 Å². The summed E-state index contributed by atoms with van der Waals surface area (Å²) in [7, 11) is 1.26. The zero-order chi connectivity index (χ0) is 12.1. The third-order valence-corrected chi connectivity index (χ3v) is 4.40. The molecule has 1 saturated heterocycles. The summed E-state index contributed by atoms with van der Waals surface area (Å²) < 4.78 is 10.3. The van der Waals surface area contributed by atoms with Gasteiger partial charge in [0.25, 0.3) is 0 Å². The standard InChI is InChI=1S/C10H14O4S2/c1-6(2)14-9(12)7(8(11)13-3)10-15-4-5-16-10/h6H,4-5H2,1-3H3. The van der Waals surface area contributed by atoms with E-state index >= 15 is 0 Å². The molecule has 16 heavy (non-hydrogen) atoms. The first kappa shape index (κ1) is 13.4. The largest absolute Gasteiger partial charge is 0.465 e. The molecule has 4 nitrogen and oxygen atoms in total. The van der Waals surface area contributed by atoms with Gasteiger partial charge in [-0.15, -0.1) is 23.5 Å². The van der Waals surface area contributed by atoms with Crippen molar-refractivity contribution in [3.63, 3.8) is 0 Å². The Balaban J connectivity index is 2.91. The zero-order valence-corrected chi connectivity index (χ0v) is 11.1.